The van der Waals surface area contributed by atoms with Gasteiger partial charge >= 0.3 is 0 Å². The summed E-state index contributed by atoms with van der Waals surface area (Å²) in [5.41, 5.74) is 3.76. The fraction of sp³-hybridized carbons (Fsp3) is 0.0870. The van der Waals surface area contributed by atoms with E-state index >= 15 is 0 Å². The zero-order chi connectivity index (χ0) is 22.0. The average molecular weight is 433 g/mol. The molecule has 2 heterocycles. The molecule has 4 aromatic rings. The number of anilines is 1. The maximum absolute atomic E-state index is 13.2. The van der Waals surface area contributed by atoms with E-state index in [9.17, 15) is 13.2 Å². The molecule has 0 saturated carbocycles. The minimum atomic E-state index is -3.31. The molecule has 0 aliphatic heterocycles. The van der Waals surface area contributed by atoms with Crippen LogP contribution in [0.5, 0.6) is 0 Å². The number of aryl methyl sites for hydroxylation is 1. The standard InChI is InChI=1S/C23H20N4O3S/c1-27-22(23(28)25-18-6-4-3-5-7-18)20(16-12-14-24-15-13-16)21(26-27)17-8-10-19(11-9-17)31(2,29)30/h3-15H,1-2H3,(H,25,28). The molecule has 0 unspecified atom stereocenters. The van der Waals surface area contributed by atoms with Crippen molar-refractivity contribution in [2.45, 2.75) is 4.90 Å². The lowest BCUT2D eigenvalue weighted by molar-refractivity contribution is 0.101. The quantitative estimate of drug-likeness (QED) is 0.518. The second kappa shape index (κ2) is 8.16. The number of nitrogens with zero attached hydrogens (tertiary/aromatic N) is 3. The van der Waals surface area contributed by atoms with Crippen molar-refractivity contribution in [2.75, 3.05) is 11.6 Å². The van der Waals surface area contributed by atoms with Crippen LogP contribution in [-0.4, -0.2) is 35.3 Å². The van der Waals surface area contributed by atoms with Crippen molar-refractivity contribution < 1.29 is 13.2 Å². The Kier molecular flexibility index (Phi) is 5.39. The number of hydrogen-bond donors (Lipinski definition) is 1. The minimum absolute atomic E-state index is 0.222. The smallest absolute Gasteiger partial charge is 0.274 e. The molecule has 0 spiro atoms. The van der Waals surface area contributed by atoms with Crippen molar-refractivity contribution in [3.05, 3.63) is 84.8 Å². The normalized spacial score (nSPS) is 11.3. The number of sulfone groups is 1. The van der Waals surface area contributed by atoms with E-state index in [-0.39, 0.29) is 10.8 Å². The van der Waals surface area contributed by atoms with Gasteiger partial charge in [-0.1, -0.05) is 30.3 Å². The van der Waals surface area contributed by atoms with Crippen LogP contribution in [-0.2, 0) is 16.9 Å². The Hall–Kier alpha value is -3.78. The molecular formula is C23H20N4O3S. The molecular weight excluding hydrogens is 412 g/mol. The molecule has 2 aromatic carbocycles. The van der Waals surface area contributed by atoms with Crippen molar-refractivity contribution in [3.63, 3.8) is 0 Å². The van der Waals surface area contributed by atoms with E-state index in [1.54, 1.807) is 43.7 Å². The maximum atomic E-state index is 13.2. The summed E-state index contributed by atoms with van der Waals surface area (Å²) in [5.74, 6) is -0.299. The first kappa shape index (κ1) is 20.5. The highest BCUT2D eigenvalue weighted by molar-refractivity contribution is 7.90. The molecule has 31 heavy (non-hydrogen) atoms. The lowest BCUT2D eigenvalue weighted by atomic mass is 9.99. The number of rotatable bonds is 5. The van der Waals surface area contributed by atoms with Crippen LogP contribution in [0.4, 0.5) is 5.69 Å². The maximum Gasteiger partial charge on any atom is 0.274 e. The summed E-state index contributed by atoms with van der Waals surface area (Å²) >= 11 is 0. The van der Waals surface area contributed by atoms with Crippen molar-refractivity contribution in [2.24, 2.45) is 7.05 Å². The summed E-state index contributed by atoms with van der Waals surface area (Å²) in [6.45, 7) is 0. The highest BCUT2D eigenvalue weighted by Gasteiger charge is 2.24. The van der Waals surface area contributed by atoms with Crippen LogP contribution in [0.2, 0.25) is 0 Å². The highest BCUT2D eigenvalue weighted by atomic mass is 32.2. The zero-order valence-electron chi connectivity index (χ0n) is 17.0. The van der Waals surface area contributed by atoms with Crippen LogP contribution in [0.1, 0.15) is 10.5 Å². The van der Waals surface area contributed by atoms with E-state index in [0.717, 1.165) is 11.8 Å². The van der Waals surface area contributed by atoms with Gasteiger partial charge in [0.15, 0.2) is 9.84 Å². The third-order valence-electron chi connectivity index (χ3n) is 4.82. The third-order valence-corrected chi connectivity index (χ3v) is 5.95. The first-order valence-corrected chi connectivity index (χ1v) is 11.4. The molecule has 7 nitrogen and oxygen atoms in total. The Morgan fingerprint density at radius 3 is 2.16 bits per heavy atom. The molecule has 1 N–H and O–H groups in total. The SMILES string of the molecule is Cn1nc(-c2ccc(S(C)(=O)=O)cc2)c(-c2ccncc2)c1C(=O)Nc1ccccc1. The van der Waals surface area contributed by atoms with Gasteiger partial charge in [0.1, 0.15) is 11.4 Å². The molecule has 4 rings (SSSR count). The molecule has 0 fully saturated rings. The summed E-state index contributed by atoms with van der Waals surface area (Å²) in [5, 5.41) is 7.51. The van der Waals surface area contributed by atoms with Gasteiger partial charge in [-0.25, -0.2) is 8.42 Å². The van der Waals surface area contributed by atoms with Crippen molar-refractivity contribution in [3.8, 4) is 22.4 Å². The van der Waals surface area contributed by atoms with Gasteiger partial charge in [0.05, 0.1) is 4.90 Å². The molecule has 0 aliphatic carbocycles. The van der Waals surface area contributed by atoms with Gasteiger partial charge in [0.2, 0.25) is 0 Å². The molecule has 156 valence electrons. The molecule has 8 heteroatoms. The number of aromatic nitrogens is 3. The average Bonchev–Trinajstić information content (AvgIpc) is 3.12. The predicted molar refractivity (Wildman–Crippen MR) is 119 cm³/mol. The summed E-state index contributed by atoms with van der Waals surface area (Å²) < 4.78 is 25.2. The second-order valence-electron chi connectivity index (χ2n) is 7.05. The highest BCUT2D eigenvalue weighted by Crippen LogP contribution is 2.35. The summed E-state index contributed by atoms with van der Waals surface area (Å²) in [6, 6.07) is 19.3. The fourth-order valence-electron chi connectivity index (χ4n) is 3.35. The fourth-order valence-corrected chi connectivity index (χ4v) is 3.98. The molecule has 0 saturated heterocycles. The van der Waals surface area contributed by atoms with E-state index in [2.05, 4.69) is 15.4 Å². The molecule has 1 amide bonds. The first-order valence-electron chi connectivity index (χ1n) is 9.49. The van der Waals surface area contributed by atoms with Gasteiger partial charge in [0, 0.05) is 42.5 Å². The number of benzene rings is 2. The molecule has 0 aliphatic rings. The Morgan fingerprint density at radius 2 is 1.55 bits per heavy atom. The topological polar surface area (TPSA) is 93.9 Å². The second-order valence-corrected chi connectivity index (χ2v) is 9.06. The van der Waals surface area contributed by atoms with Crippen molar-refractivity contribution in [1.82, 2.24) is 14.8 Å². The zero-order valence-corrected chi connectivity index (χ0v) is 17.8. The van der Waals surface area contributed by atoms with Gasteiger partial charge in [-0.3, -0.25) is 14.5 Å². The minimum Gasteiger partial charge on any atom is -0.321 e. The molecule has 2 aromatic heterocycles. The number of carbonyl (C=O) groups excluding carboxylic acids is 1. The van der Waals surface area contributed by atoms with Crippen LogP contribution < -0.4 is 5.32 Å². The Bertz CT molecular complexity index is 1330. The first-order chi connectivity index (χ1) is 14.8. The van der Waals surface area contributed by atoms with Gasteiger partial charge in [0.25, 0.3) is 5.91 Å². The van der Waals surface area contributed by atoms with Gasteiger partial charge in [-0.2, -0.15) is 5.10 Å². The molecule has 0 bridgehead atoms. The van der Waals surface area contributed by atoms with Gasteiger partial charge in [-0.05, 0) is 42.0 Å². The Morgan fingerprint density at radius 1 is 0.903 bits per heavy atom. The largest absolute Gasteiger partial charge is 0.321 e. The van der Waals surface area contributed by atoms with Crippen LogP contribution in [0, 0.1) is 0 Å². The summed E-state index contributed by atoms with van der Waals surface area (Å²) in [7, 11) is -1.61. The van der Waals surface area contributed by atoms with Gasteiger partial charge < -0.3 is 5.32 Å². The Balaban J connectivity index is 1.85. The van der Waals surface area contributed by atoms with E-state index in [1.807, 2.05) is 42.5 Å². The number of carbonyl (C=O) groups is 1. The monoisotopic (exact) mass is 432 g/mol. The van der Waals surface area contributed by atoms with E-state index in [0.29, 0.717) is 28.2 Å². The lowest BCUT2D eigenvalue weighted by Gasteiger charge is -2.09. The van der Waals surface area contributed by atoms with Crippen LogP contribution in [0.25, 0.3) is 22.4 Å². The van der Waals surface area contributed by atoms with Crippen LogP contribution in [0.15, 0.2) is 84.0 Å². The number of hydrogen-bond acceptors (Lipinski definition) is 5. The molecule has 0 radical (unpaired) electrons. The lowest BCUT2D eigenvalue weighted by Crippen LogP contribution is -2.17. The van der Waals surface area contributed by atoms with Crippen LogP contribution in [0.3, 0.4) is 0 Å². The third kappa shape index (κ3) is 4.24. The summed E-state index contributed by atoms with van der Waals surface area (Å²) in [6.07, 6.45) is 4.46. The summed E-state index contributed by atoms with van der Waals surface area (Å²) in [4.78, 5) is 17.5. The van der Waals surface area contributed by atoms with Crippen molar-refractivity contribution >= 4 is 21.4 Å². The number of pyridine rings is 1. The van der Waals surface area contributed by atoms with Crippen molar-refractivity contribution in [1.29, 1.82) is 0 Å². The van der Waals surface area contributed by atoms with E-state index in [4.69, 9.17) is 0 Å². The Labute approximate surface area is 180 Å². The van der Waals surface area contributed by atoms with E-state index < -0.39 is 9.84 Å². The number of para-hydroxylation sites is 1. The van der Waals surface area contributed by atoms with E-state index in [1.165, 1.54) is 4.68 Å². The number of amides is 1. The van der Waals surface area contributed by atoms with Crippen LogP contribution >= 0.6 is 0 Å². The van der Waals surface area contributed by atoms with Gasteiger partial charge in [-0.15, -0.1) is 0 Å². The predicted octanol–water partition coefficient (Wildman–Crippen LogP) is 3.80. The number of nitrogens with one attached hydrogen (secondary N) is 1. The molecule has 0 atom stereocenters.